The summed E-state index contributed by atoms with van der Waals surface area (Å²) in [7, 11) is 0. The molecule has 2 rings (SSSR count). The minimum absolute atomic E-state index is 0.285. The molecule has 1 amide bonds. The number of hydroxylamine groups is 2. The zero-order chi connectivity index (χ0) is 18.2. The third kappa shape index (κ3) is 6.15. The first-order chi connectivity index (χ1) is 12.0. The van der Waals surface area contributed by atoms with Gasteiger partial charge in [0.05, 0.1) is 6.10 Å². The van der Waals surface area contributed by atoms with Gasteiger partial charge >= 0.3 is 5.97 Å². The van der Waals surface area contributed by atoms with E-state index in [2.05, 4.69) is 11.8 Å². The minimum Gasteiger partial charge on any atom is -0.490 e. The number of nitrogens with zero attached hydrogens (tertiary/aromatic N) is 1. The standard InChI is InChI=1S/C20H25NO4/c1-15(21(16(2)22)25-17(3)23)12-13-18-8-7-11-20(14-18)24-19-9-5-4-6-10-19/h7-8,11,14-15,19H,4-6,9-10H2,1-3H3. The maximum absolute atomic E-state index is 11.6. The first-order valence-electron chi connectivity index (χ1n) is 8.72. The smallest absolute Gasteiger partial charge is 0.329 e. The van der Waals surface area contributed by atoms with Crippen LogP contribution in [-0.4, -0.2) is 29.1 Å². The predicted octanol–water partition coefficient (Wildman–Crippen LogP) is 3.46. The van der Waals surface area contributed by atoms with Gasteiger partial charge in [0.1, 0.15) is 11.8 Å². The second kappa shape index (κ2) is 9.12. The second-order valence-corrected chi connectivity index (χ2v) is 6.28. The zero-order valence-electron chi connectivity index (χ0n) is 15.1. The quantitative estimate of drug-likeness (QED) is 0.623. The van der Waals surface area contributed by atoms with Crippen molar-refractivity contribution in [3.63, 3.8) is 0 Å². The van der Waals surface area contributed by atoms with Gasteiger partial charge in [-0.25, -0.2) is 0 Å². The van der Waals surface area contributed by atoms with E-state index in [0.29, 0.717) is 0 Å². The molecule has 134 valence electrons. The van der Waals surface area contributed by atoms with Crippen molar-refractivity contribution in [2.45, 2.75) is 65.0 Å². The summed E-state index contributed by atoms with van der Waals surface area (Å²) in [4.78, 5) is 27.6. The van der Waals surface area contributed by atoms with Crippen LogP contribution in [-0.2, 0) is 14.4 Å². The topological polar surface area (TPSA) is 55.8 Å². The number of carbonyl (C=O) groups excluding carboxylic acids is 2. The van der Waals surface area contributed by atoms with Crippen LogP contribution in [0.4, 0.5) is 0 Å². The van der Waals surface area contributed by atoms with Crippen LogP contribution < -0.4 is 4.74 Å². The van der Waals surface area contributed by atoms with Crippen molar-refractivity contribution in [2.24, 2.45) is 0 Å². The van der Waals surface area contributed by atoms with Gasteiger partial charge < -0.3 is 9.57 Å². The lowest BCUT2D eigenvalue weighted by Crippen LogP contribution is -2.37. The van der Waals surface area contributed by atoms with Gasteiger partial charge in [0, 0.05) is 19.4 Å². The molecule has 0 heterocycles. The molecule has 0 aliphatic heterocycles. The Bertz CT molecular complexity index is 668. The lowest BCUT2D eigenvalue weighted by molar-refractivity contribution is -0.199. The molecule has 5 nitrogen and oxygen atoms in total. The number of benzene rings is 1. The van der Waals surface area contributed by atoms with Crippen LogP contribution in [0.1, 0.15) is 58.4 Å². The summed E-state index contributed by atoms with van der Waals surface area (Å²) >= 11 is 0. The molecule has 0 saturated heterocycles. The molecule has 1 aliphatic rings. The van der Waals surface area contributed by atoms with Gasteiger partial charge in [-0.2, -0.15) is 5.06 Å². The Hall–Kier alpha value is -2.48. The Balaban J connectivity index is 2.04. The van der Waals surface area contributed by atoms with E-state index in [4.69, 9.17) is 9.57 Å². The van der Waals surface area contributed by atoms with Crippen LogP contribution in [0.25, 0.3) is 0 Å². The lowest BCUT2D eigenvalue weighted by atomic mass is 9.98. The summed E-state index contributed by atoms with van der Waals surface area (Å²) in [6, 6.07) is 7.09. The van der Waals surface area contributed by atoms with E-state index in [9.17, 15) is 9.59 Å². The monoisotopic (exact) mass is 343 g/mol. The number of amides is 1. The SMILES string of the molecule is CC(=O)ON(C(C)=O)C(C)C#Cc1cccc(OC2CCCCC2)c1. The summed E-state index contributed by atoms with van der Waals surface area (Å²) in [6.45, 7) is 4.29. The van der Waals surface area contributed by atoms with Gasteiger partial charge in [-0.05, 0) is 50.8 Å². The van der Waals surface area contributed by atoms with Crippen LogP contribution in [0.3, 0.4) is 0 Å². The van der Waals surface area contributed by atoms with E-state index >= 15 is 0 Å². The highest BCUT2D eigenvalue weighted by Crippen LogP contribution is 2.23. The Kier molecular flexibility index (Phi) is 6.88. The minimum atomic E-state index is -0.549. The van der Waals surface area contributed by atoms with Crippen LogP contribution in [0.5, 0.6) is 5.75 Å². The summed E-state index contributed by atoms with van der Waals surface area (Å²) in [6.07, 6.45) is 6.22. The highest BCUT2D eigenvalue weighted by Gasteiger charge is 2.18. The molecule has 1 aromatic rings. The predicted molar refractivity (Wildman–Crippen MR) is 94.6 cm³/mol. The van der Waals surface area contributed by atoms with Crippen LogP contribution in [0, 0.1) is 11.8 Å². The van der Waals surface area contributed by atoms with Crippen molar-refractivity contribution in [3.8, 4) is 17.6 Å². The number of hydrogen-bond donors (Lipinski definition) is 0. The largest absolute Gasteiger partial charge is 0.490 e. The van der Waals surface area contributed by atoms with E-state index in [-0.39, 0.29) is 12.0 Å². The Morgan fingerprint density at radius 2 is 1.92 bits per heavy atom. The van der Waals surface area contributed by atoms with Crippen molar-refractivity contribution in [2.75, 3.05) is 0 Å². The van der Waals surface area contributed by atoms with E-state index in [1.807, 2.05) is 24.3 Å². The number of carbonyl (C=O) groups is 2. The van der Waals surface area contributed by atoms with E-state index in [1.165, 1.54) is 33.1 Å². The molecule has 25 heavy (non-hydrogen) atoms. The molecular weight excluding hydrogens is 318 g/mol. The van der Waals surface area contributed by atoms with Crippen LogP contribution >= 0.6 is 0 Å². The van der Waals surface area contributed by atoms with Crippen molar-refractivity contribution >= 4 is 11.9 Å². The van der Waals surface area contributed by atoms with Crippen molar-refractivity contribution in [1.82, 2.24) is 5.06 Å². The van der Waals surface area contributed by atoms with E-state index < -0.39 is 12.0 Å². The average Bonchev–Trinajstić information content (AvgIpc) is 2.58. The average molecular weight is 343 g/mol. The molecule has 1 unspecified atom stereocenters. The third-order valence-corrected chi connectivity index (χ3v) is 4.00. The number of hydrogen-bond acceptors (Lipinski definition) is 4. The normalized spacial score (nSPS) is 15.5. The highest BCUT2D eigenvalue weighted by atomic mass is 16.7. The van der Waals surface area contributed by atoms with Crippen LogP contribution in [0.2, 0.25) is 0 Å². The molecule has 5 heteroatoms. The highest BCUT2D eigenvalue weighted by molar-refractivity contribution is 5.75. The van der Waals surface area contributed by atoms with Crippen molar-refractivity contribution < 1.29 is 19.2 Å². The lowest BCUT2D eigenvalue weighted by Gasteiger charge is -2.23. The zero-order valence-corrected chi connectivity index (χ0v) is 15.1. The van der Waals surface area contributed by atoms with E-state index in [0.717, 1.165) is 29.2 Å². The molecule has 0 radical (unpaired) electrons. The van der Waals surface area contributed by atoms with Gasteiger partial charge in [0.15, 0.2) is 0 Å². The Morgan fingerprint density at radius 1 is 1.20 bits per heavy atom. The fourth-order valence-corrected chi connectivity index (χ4v) is 2.82. The second-order valence-electron chi connectivity index (χ2n) is 6.28. The molecule has 1 fully saturated rings. The number of ether oxygens (including phenoxy) is 1. The van der Waals surface area contributed by atoms with Gasteiger partial charge in [-0.1, -0.05) is 24.3 Å². The molecule has 1 aromatic carbocycles. The van der Waals surface area contributed by atoms with Crippen LogP contribution in [0.15, 0.2) is 24.3 Å². The first-order valence-corrected chi connectivity index (χ1v) is 8.72. The van der Waals surface area contributed by atoms with Gasteiger partial charge in [-0.15, -0.1) is 0 Å². The maximum atomic E-state index is 11.6. The molecular formula is C20H25NO4. The summed E-state index contributed by atoms with van der Waals surface area (Å²) in [5, 5.41) is 0.984. The molecule has 0 bridgehead atoms. The van der Waals surface area contributed by atoms with Gasteiger partial charge in [0.2, 0.25) is 0 Å². The van der Waals surface area contributed by atoms with Gasteiger partial charge in [-0.3, -0.25) is 9.59 Å². The summed E-state index contributed by atoms with van der Waals surface area (Å²) < 4.78 is 6.04. The molecule has 1 atom stereocenters. The molecule has 0 aromatic heterocycles. The summed E-state index contributed by atoms with van der Waals surface area (Å²) in [5.41, 5.74) is 0.798. The van der Waals surface area contributed by atoms with Crippen molar-refractivity contribution in [1.29, 1.82) is 0 Å². The van der Waals surface area contributed by atoms with E-state index in [1.54, 1.807) is 6.92 Å². The fraction of sp³-hybridized carbons (Fsp3) is 0.500. The number of rotatable bonds is 3. The molecule has 0 spiro atoms. The Labute approximate surface area is 149 Å². The Morgan fingerprint density at radius 3 is 2.56 bits per heavy atom. The van der Waals surface area contributed by atoms with Gasteiger partial charge in [0.25, 0.3) is 5.91 Å². The third-order valence-electron chi connectivity index (χ3n) is 4.00. The molecule has 1 aliphatic carbocycles. The maximum Gasteiger partial charge on any atom is 0.329 e. The molecule has 1 saturated carbocycles. The molecule has 0 N–H and O–H groups in total. The summed E-state index contributed by atoms with van der Waals surface area (Å²) in [5.74, 6) is 5.85. The van der Waals surface area contributed by atoms with Crippen molar-refractivity contribution in [3.05, 3.63) is 29.8 Å². The first kappa shape index (κ1) is 18.9. The fourth-order valence-electron chi connectivity index (χ4n) is 2.82.